The topological polar surface area (TPSA) is 25.8 Å². The third kappa shape index (κ3) is 4.63. The third-order valence-electron chi connectivity index (χ3n) is 12.4. The lowest BCUT2D eigenvalue weighted by molar-refractivity contribution is 0.563. The fourth-order valence-corrected chi connectivity index (χ4v) is 9.86. The summed E-state index contributed by atoms with van der Waals surface area (Å²) in [6.45, 7) is 4.79. The molecule has 8 aromatic carbocycles. The van der Waals surface area contributed by atoms with Crippen LogP contribution in [-0.4, -0.2) is 9.97 Å². The van der Waals surface area contributed by atoms with Crippen molar-refractivity contribution in [3.63, 3.8) is 0 Å². The minimum atomic E-state index is -0.419. The van der Waals surface area contributed by atoms with E-state index < -0.39 is 5.41 Å². The fourth-order valence-electron chi connectivity index (χ4n) is 9.86. The van der Waals surface area contributed by atoms with Gasteiger partial charge in [-0.2, -0.15) is 0 Å². The van der Waals surface area contributed by atoms with Gasteiger partial charge in [0.2, 0.25) is 0 Å². The van der Waals surface area contributed by atoms with Crippen LogP contribution in [0.5, 0.6) is 0 Å². The Balaban J connectivity index is 1.15. The summed E-state index contributed by atoms with van der Waals surface area (Å²) >= 11 is 0. The van der Waals surface area contributed by atoms with Gasteiger partial charge in [0.15, 0.2) is 5.82 Å². The fraction of sp³-hybridized carbons (Fsp3) is 0.0741. The maximum Gasteiger partial charge on any atom is 0.161 e. The zero-order chi connectivity index (χ0) is 37.4. The molecule has 11 rings (SSSR count). The first-order chi connectivity index (χ1) is 27.5. The smallest absolute Gasteiger partial charge is 0.161 e. The predicted molar refractivity (Wildman–Crippen MR) is 231 cm³/mol. The van der Waals surface area contributed by atoms with Crippen molar-refractivity contribution in [3.05, 3.63) is 228 Å². The average Bonchev–Trinajstić information content (AvgIpc) is 3.56. The van der Waals surface area contributed by atoms with Crippen molar-refractivity contribution in [3.8, 4) is 56.2 Å². The van der Waals surface area contributed by atoms with Gasteiger partial charge in [0.25, 0.3) is 0 Å². The van der Waals surface area contributed by atoms with Crippen molar-refractivity contribution in [1.29, 1.82) is 0 Å². The molecule has 0 unspecified atom stereocenters. The SMILES string of the molecule is CC1(C)c2ccccc2C2(c3ccccc3-c3ccccc32)c2ccc(-c3ccccc3-c3cc(-c4ccccc4)nc(-c4cccc5ccccc45)n3)cc21. The summed E-state index contributed by atoms with van der Waals surface area (Å²) in [5.41, 5.74) is 17.4. The summed E-state index contributed by atoms with van der Waals surface area (Å²) in [6, 6.07) is 70.7. The van der Waals surface area contributed by atoms with E-state index in [9.17, 15) is 0 Å². The third-order valence-corrected chi connectivity index (χ3v) is 12.4. The molecule has 9 aromatic rings. The van der Waals surface area contributed by atoms with Crippen LogP contribution in [0.15, 0.2) is 194 Å². The Morgan fingerprint density at radius 3 is 1.62 bits per heavy atom. The summed E-state index contributed by atoms with van der Waals surface area (Å²) in [4.78, 5) is 10.6. The Morgan fingerprint density at radius 2 is 0.875 bits per heavy atom. The molecule has 2 aliphatic carbocycles. The van der Waals surface area contributed by atoms with E-state index in [0.717, 1.165) is 44.9 Å². The highest BCUT2D eigenvalue weighted by molar-refractivity contribution is 5.96. The van der Waals surface area contributed by atoms with Crippen molar-refractivity contribution in [2.45, 2.75) is 24.7 Å². The summed E-state index contributed by atoms with van der Waals surface area (Å²) in [5.74, 6) is 0.719. The van der Waals surface area contributed by atoms with Gasteiger partial charge in [-0.05, 0) is 78.5 Å². The van der Waals surface area contributed by atoms with Crippen LogP contribution >= 0.6 is 0 Å². The molecule has 1 aromatic heterocycles. The van der Waals surface area contributed by atoms with E-state index in [2.05, 4.69) is 208 Å². The van der Waals surface area contributed by atoms with Crippen molar-refractivity contribution in [1.82, 2.24) is 9.97 Å². The van der Waals surface area contributed by atoms with Crippen LogP contribution in [0, 0.1) is 0 Å². The van der Waals surface area contributed by atoms with Gasteiger partial charge in [-0.1, -0.05) is 196 Å². The largest absolute Gasteiger partial charge is 0.228 e. The van der Waals surface area contributed by atoms with Gasteiger partial charge in [-0.3, -0.25) is 0 Å². The first-order valence-corrected chi connectivity index (χ1v) is 19.5. The first kappa shape index (κ1) is 32.5. The van der Waals surface area contributed by atoms with Crippen molar-refractivity contribution >= 4 is 10.8 Å². The average molecular weight is 715 g/mol. The van der Waals surface area contributed by atoms with Gasteiger partial charge in [-0.15, -0.1) is 0 Å². The van der Waals surface area contributed by atoms with Crippen LogP contribution in [0.1, 0.15) is 47.2 Å². The van der Waals surface area contributed by atoms with Crippen LogP contribution in [0.25, 0.3) is 66.9 Å². The van der Waals surface area contributed by atoms with E-state index in [1.807, 2.05) is 0 Å². The Hall–Kier alpha value is -6.90. The van der Waals surface area contributed by atoms with E-state index in [-0.39, 0.29) is 5.41 Å². The molecule has 0 radical (unpaired) electrons. The standard InChI is InChI=1S/C54H38N2/c1-53(2)46-29-14-15-30-47(46)54(44-27-12-10-23-40(44)41-24-11-13-28-45(41)54)48-32-31-37(33-49(48)53)39-22-8-9-25-42(39)51-34-50(36-18-4-3-5-19-36)55-52(56-51)43-26-16-20-35-17-6-7-21-38(35)43/h3-34H,1-2H3. The maximum absolute atomic E-state index is 5.38. The van der Waals surface area contributed by atoms with Crippen LogP contribution < -0.4 is 0 Å². The monoisotopic (exact) mass is 714 g/mol. The number of aromatic nitrogens is 2. The Bertz CT molecular complexity index is 2960. The molecule has 0 saturated heterocycles. The number of hydrogen-bond donors (Lipinski definition) is 0. The zero-order valence-electron chi connectivity index (χ0n) is 31.4. The molecule has 1 spiro atoms. The number of nitrogens with zero attached hydrogens (tertiary/aromatic N) is 2. The molecule has 2 aliphatic rings. The Kier molecular flexibility index (Phi) is 7.15. The van der Waals surface area contributed by atoms with Crippen molar-refractivity contribution in [2.24, 2.45) is 0 Å². The molecule has 264 valence electrons. The van der Waals surface area contributed by atoms with Gasteiger partial charge in [-0.25, -0.2) is 9.97 Å². The lowest BCUT2D eigenvalue weighted by Crippen LogP contribution is -2.40. The second-order valence-electron chi connectivity index (χ2n) is 15.7. The summed E-state index contributed by atoms with van der Waals surface area (Å²) in [5, 5.41) is 2.31. The molecule has 0 atom stereocenters. The summed E-state index contributed by atoms with van der Waals surface area (Å²) in [6.07, 6.45) is 0. The van der Waals surface area contributed by atoms with Crippen LogP contribution in [0.3, 0.4) is 0 Å². The van der Waals surface area contributed by atoms with Crippen molar-refractivity contribution in [2.75, 3.05) is 0 Å². The Morgan fingerprint density at radius 1 is 0.339 bits per heavy atom. The minimum Gasteiger partial charge on any atom is -0.228 e. The minimum absolute atomic E-state index is 0.245. The molecule has 0 fully saturated rings. The van der Waals surface area contributed by atoms with Crippen LogP contribution in [0.2, 0.25) is 0 Å². The zero-order valence-corrected chi connectivity index (χ0v) is 31.4. The number of fused-ring (bicyclic) bond motifs is 10. The number of benzene rings is 8. The van der Waals surface area contributed by atoms with Crippen LogP contribution in [0.4, 0.5) is 0 Å². The highest BCUT2D eigenvalue weighted by Crippen LogP contribution is 2.62. The molecule has 2 nitrogen and oxygen atoms in total. The molecule has 0 bridgehead atoms. The van der Waals surface area contributed by atoms with E-state index >= 15 is 0 Å². The van der Waals surface area contributed by atoms with Gasteiger partial charge < -0.3 is 0 Å². The highest BCUT2D eigenvalue weighted by Gasteiger charge is 2.53. The first-order valence-electron chi connectivity index (χ1n) is 19.5. The van der Waals surface area contributed by atoms with Crippen molar-refractivity contribution < 1.29 is 0 Å². The maximum atomic E-state index is 5.38. The van der Waals surface area contributed by atoms with E-state index in [1.54, 1.807) is 0 Å². The molecule has 0 N–H and O–H groups in total. The molecule has 0 saturated carbocycles. The molecule has 56 heavy (non-hydrogen) atoms. The highest BCUT2D eigenvalue weighted by atomic mass is 14.9. The van der Waals surface area contributed by atoms with Gasteiger partial charge in [0, 0.05) is 22.1 Å². The number of rotatable bonds is 4. The lowest BCUT2D eigenvalue weighted by atomic mass is 9.55. The quantitative estimate of drug-likeness (QED) is 0.181. The molecule has 0 aliphatic heterocycles. The van der Waals surface area contributed by atoms with Gasteiger partial charge >= 0.3 is 0 Å². The summed E-state index contributed by atoms with van der Waals surface area (Å²) in [7, 11) is 0. The Labute approximate surface area is 327 Å². The molecular weight excluding hydrogens is 677 g/mol. The van der Waals surface area contributed by atoms with E-state index in [1.165, 1.54) is 55.5 Å². The number of hydrogen-bond acceptors (Lipinski definition) is 2. The summed E-state index contributed by atoms with van der Waals surface area (Å²) < 4.78 is 0. The predicted octanol–water partition coefficient (Wildman–Crippen LogP) is 13.3. The van der Waals surface area contributed by atoms with Crippen LogP contribution in [-0.2, 0) is 10.8 Å². The van der Waals surface area contributed by atoms with Gasteiger partial charge in [0.05, 0.1) is 16.8 Å². The second-order valence-corrected chi connectivity index (χ2v) is 15.7. The molecule has 1 heterocycles. The molecule has 0 amide bonds. The van der Waals surface area contributed by atoms with E-state index in [4.69, 9.17) is 9.97 Å². The molecular formula is C54H38N2. The normalized spacial score (nSPS) is 14.2. The van der Waals surface area contributed by atoms with E-state index in [0.29, 0.717) is 0 Å². The van der Waals surface area contributed by atoms with Gasteiger partial charge in [0.1, 0.15) is 0 Å². The molecule has 2 heteroatoms. The second kappa shape index (κ2) is 12.3. The lowest BCUT2D eigenvalue weighted by Gasteiger charge is -2.46.